The highest BCUT2D eigenvalue weighted by Crippen LogP contribution is 2.47. The summed E-state index contributed by atoms with van der Waals surface area (Å²) < 4.78 is 12.0. The van der Waals surface area contributed by atoms with Gasteiger partial charge in [0.2, 0.25) is 0 Å². The highest BCUT2D eigenvalue weighted by molar-refractivity contribution is 6.39. The van der Waals surface area contributed by atoms with E-state index in [4.69, 9.17) is 32.5 Å². The Hall–Kier alpha value is -1.36. The molecule has 1 aromatic heterocycles. The number of carbonyl (C=O) groups excluding carboxylic acids is 1. The maximum atomic E-state index is 12.1. The zero-order valence-corrected chi connectivity index (χ0v) is 16.4. The fourth-order valence-corrected chi connectivity index (χ4v) is 5.18. The average molecular weight is 406 g/mol. The standard InChI is InChI=1S/C21H21Cl2NO3/c22-16-2-1-3-17(23)18(16)19-15(21(27-24-19)11-4-5-11)10-26-14-8-12-6-7-13(9-14)20(12)25/h1-3,11-14H,4-10H2/t12-,13?,14?/m0/s1. The zero-order chi connectivity index (χ0) is 18.5. The van der Waals surface area contributed by atoms with E-state index in [1.807, 2.05) is 18.2 Å². The minimum Gasteiger partial charge on any atom is -0.373 e. The van der Waals surface area contributed by atoms with E-state index in [2.05, 4.69) is 5.16 Å². The van der Waals surface area contributed by atoms with E-state index in [0.717, 1.165) is 49.8 Å². The summed E-state index contributed by atoms with van der Waals surface area (Å²) >= 11 is 12.8. The Morgan fingerprint density at radius 3 is 2.30 bits per heavy atom. The van der Waals surface area contributed by atoms with Gasteiger partial charge in [-0.1, -0.05) is 34.4 Å². The smallest absolute Gasteiger partial charge is 0.145 e. The van der Waals surface area contributed by atoms with Crippen LogP contribution < -0.4 is 0 Å². The summed E-state index contributed by atoms with van der Waals surface area (Å²) in [5.41, 5.74) is 2.34. The maximum Gasteiger partial charge on any atom is 0.145 e. The summed E-state index contributed by atoms with van der Waals surface area (Å²) in [4.78, 5) is 12.1. The number of Topliss-reactive ketones (excluding diaryl/α,β-unsaturated/α-hetero) is 1. The molecule has 3 saturated carbocycles. The molecule has 0 N–H and O–H groups in total. The molecule has 3 aliphatic rings. The van der Waals surface area contributed by atoms with Crippen LogP contribution in [0.2, 0.25) is 10.0 Å². The number of benzene rings is 1. The number of hydrogen-bond acceptors (Lipinski definition) is 4. The van der Waals surface area contributed by atoms with Crippen molar-refractivity contribution in [2.45, 2.75) is 57.2 Å². The lowest BCUT2D eigenvalue weighted by Crippen LogP contribution is -2.30. The lowest BCUT2D eigenvalue weighted by molar-refractivity contribution is -0.130. The first-order valence-corrected chi connectivity index (χ1v) is 10.5. The van der Waals surface area contributed by atoms with Gasteiger partial charge in [-0.3, -0.25) is 4.79 Å². The molecule has 0 radical (unpaired) electrons. The molecule has 0 saturated heterocycles. The van der Waals surface area contributed by atoms with Crippen molar-refractivity contribution in [2.24, 2.45) is 11.8 Å². The van der Waals surface area contributed by atoms with Crippen LogP contribution in [0, 0.1) is 11.8 Å². The van der Waals surface area contributed by atoms with Crippen molar-refractivity contribution in [3.63, 3.8) is 0 Å². The van der Waals surface area contributed by atoms with Gasteiger partial charge in [0.25, 0.3) is 0 Å². The SMILES string of the molecule is O=C1C2CC[C@H]1CC(OCc1c(-c3c(Cl)cccc3Cl)noc1C1CC1)C2. The fourth-order valence-electron chi connectivity index (χ4n) is 4.60. The summed E-state index contributed by atoms with van der Waals surface area (Å²) in [5, 5.41) is 5.42. The van der Waals surface area contributed by atoms with Gasteiger partial charge in [-0.2, -0.15) is 0 Å². The molecule has 3 aliphatic carbocycles. The lowest BCUT2D eigenvalue weighted by atomic mass is 9.86. The number of nitrogens with zero attached hydrogens (tertiary/aromatic N) is 1. The quantitative estimate of drug-likeness (QED) is 0.630. The van der Waals surface area contributed by atoms with Crippen LogP contribution in [0.1, 0.15) is 55.8 Å². The van der Waals surface area contributed by atoms with Crippen LogP contribution in [-0.4, -0.2) is 17.0 Å². The summed E-state index contributed by atoms with van der Waals surface area (Å²) in [7, 11) is 0. The van der Waals surface area contributed by atoms with Crippen LogP contribution in [-0.2, 0) is 16.1 Å². The summed E-state index contributed by atoms with van der Waals surface area (Å²) in [6.07, 6.45) is 6.05. The van der Waals surface area contributed by atoms with Gasteiger partial charge >= 0.3 is 0 Å². The Bertz CT molecular complexity index is 853. The van der Waals surface area contributed by atoms with Crippen LogP contribution in [0.15, 0.2) is 22.7 Å². The summed E-state index contributed by atoms with van der Waals surface area (Å²) in [6, 6.07) is 5.44. The molecule has 2 aromatic rings. The van der Waals surface area contributed by atoms with Crippen LogP contribution in [0.3, 0.4) is 0 Å². The normalized spacial score (nSPS) is 27.3. The molecule has 5 rings (SSSR count). The Morgan fingerprint density at radius 1 is 1.04 bits per heavy atom. The first kappa shape index (κ1) is 17.7. The lowest BCUT2D eigenvalue weighted by Gasteiger charge is -2.26. The van der Waals surface area contributed by atoms with Gasteiger partial charge in [0.1, 0.15) is 17.2 Å². The number of aromatic nitrogens is 1. The molecule has 6 heteroatoms. The Labute approximate surface area is 168 Å². The molecular weight excluding hydrogens is 385 g/mol. The number of ketones is 1. The van der Waals surface area contributed by atoms with Gasteiger partial charge in [0.05, 0.1) is 22.8 Å². The molecule has 3 fully saturated rings. The van der Waals surface area contributed by atoms with E-state index in [1.54, 1.807) is 0 Å². The highest BCUT2D eigenvalue weighted by Gasteiger charge is 2.42. The first-order valence-electron chi connectivity index (χ1n) is 9.70. The minimum atomic E-state index is 0.122. The van der Waals surface area contributed by atoms with E-state index < -0.39 is 0 Å². The Kier molecular flexibility index (Phi) is 4.53. The number of ether oxygens (including phenoxy) is 1. The maximum absolute atomic E-state index is 12.1. The number of hydrogen-bond donors (Lipinski definition) is 0. The molecule has 4 nitrogen and oxygen atoms in total. The molecule has 1 heterocycles. The third-order valence-electron chi connectivity index (χ3n) is 6.19. The first-order chi connectivity index (χ1) is 13.1. The van der Waals surface area contributed by atoms with Crippen molar-refractivity contribution in [1.29, 1.82) is 0 Å². The van der Waals surface area contributed by atoms with Gasteiger partial charge < -0.3 is 9.26 Å². The molecule has 2 bridgehead atoms. The monoisotopic (exact) mass is 405 g/mol. The molecule has 3 atom stereocenters. The highest BCUT2D eigenvalue weighted by atomic mass is 35.5. The molecule has 0 spiro atoms. The van der Waals surface area contributed by atoms with E-state index in [-0.39, 0.29) is 17.9 Å². The van der Waals surface area contributed by atoms with Crippen molar-refractivity contribution in [1.82, 2.24) is 5.16 Å². The number of rotatable bonds is 5. The van der Waals surface area contributed by atoms with Crippen molar-refractivity contribution in [2.75, 3.05) is 0 Å². The van der Waals surface area contributed by atoms with Crippen molar-refractivity contribution >= 4 is 29.0 Å². The molecule has 0 aliphatic heterocycles. The average Bonchev–Trinajstić information content (AvgIpc) is 3.38. The van der Waals surface area contributed by atoms with Crippen LogP contribution >= 0.6 is 23.2 Å². The van der Waals surface area contributed by atoms with Gasteiger partial charge in [-0.15, -0.1) is 0 Å². The van der Waals surface area contributed by atoms with Crippen molar-refractivity contribution in [3.05, 3.63) is 39.6 Å². The number of halogens is 2. The van der Waals surface area contributed by atoms with Crippen molar-refractivity contribution < 1.29 is 14.1 Å². The van der Waals surface area contributed by atoms with Crippen LogP contribution in [0.4, 0.5) is 0 Å². The third-order valence-corrected chi connectivity index (χ3v) is 6.82. The van der Waals surface area contributed by atoms with Crippen molar-refractivity contribution in [3.8, 4) is 11.3 Å². The second kappa shape index (κ2) is 6.91. The van der Waals surface area contributed by atoms with Gasteiger partial charge in [-0.05, 0) is 50.7 Å². The molecule has 1 aromatic carbocycles. The van der Waals surface area contributed by atoms with E-state index in [1.165, 1.54) is 0 Å². The van der Waals surface area contributed by atoms with Crippen LogP contribution in [0.5, 0.6) is 0 Å². The fraction of sp³-hybridized carbons (Fsp3) is 0.524. The largest absolute Gasteiger partial charge is 0.373 e. The summed E-state index contributed by atoms with van der Waals surface area (Å²) in [6.45, 7) is 0.421. The minimum absolute atomic E-state index is 0.122. The van der Waals surface area contributed by atoms with Gasteiger partial charge in [0.15, 0.2) is 0 Å². The van der Waals surface area contributed by atoms with E-state index in [9.17, 15) is 4.79 Å². The third kappa shape index (κ3) is 3.22. The molecular formula is C21H21Cl2NO3. The second-order valence-electron chi connectivity index (χ2n) is 8.02. The number of carbonyl (C=O) groups is 1. The second-order valence-corrected chi connectivity index (χ2v) is 8.84. The van der Waals surface area contributed by atoms with Gasteiger partial charge in [-0.25, -0.2) is 0 Å². The predicted octanol–water partition coefficient (Wildman–Crippen LogP) is 5.80. The molecule has 142 valence electrons. The topological polar surface area (TPSA) is 52.3 Å². The molecule has 0 amide bonds. The Morgan fingerprint density at radius 2 is 1.67 bits per heavy atom. The number of fused-ring (bicyclic) bond motifs is 2. The Balaban J connectivity index is 1.42. The van der Waals surface area contributed by atoms with Gasteiger partial charge in [0, 0.05) is 28.9 Å². The predicted molar refractivity (Wildman–Crippen MR) is 103 cm³/mol. The zero-order valence-electron chi connectivity index (χ0n) is 14.9. The van der Waals surface area contributed by atoms with E-state index >= 15 is 0 Å². The van der Waals surface area contributed by atoms with E-state index in [0.29, 0.717) is 39.6 Å². The summed E-state index contributed by atoms with van der Waals surface area (Å²) in [5.74, 6) is 2.14. The molecule has 2 unspecified atom stereocenters. The molecule has 27 heavy (non-hydrogen) atoms. The van der Waals surface area contributed by atoms with Crippen LogP contribution in [0.25, 0.3) is 11.3 Å².